The van der Waals surface area contributed by atoms with Crippen LogP contribution in [0.4, 0.5) is 15.8 Å². The van der Waals surface area contributed by atoms with Gasteiger partial charge in [-0.25, -0.2) is 9.29 Å². The average Bonchev–Trinajstić information content (AvgIpc) is 3.00. The first-order valence-electron chi connectivity index (χ1n) is 9.51. The van der Waals surface area contributed by atoms with Gasteiger partial charge in [0, 0.05) is 16.6 Å². The minimum atomic E-state index is -0.647. The predicted octanol–water partition coefficient (Wildman–Crippen LogP) is 5.13. The molecule has 1 N–H and O–H groups in total. The van der Waals surface area contributed by atoms with Crippen molar-refractivity contribution < 1.29 is 18.7 Å². The second-order valence-corrected chi connectivity index (χ2v) is 7.96. The van der Waals surface area contributed by atoms with Crippen LogP contribution >= 0.6 is 11.8 Å². The number of imide groups is 1. The fraction of sp³-hybridized carbons (Fsp3) is 0.0833. The number of nitrogens with zero attached hydrogens (tertiary/aromatic N) is 1. The van der Waals surface area contributed by atoms with Crippen LogP contribution in [0.1, 0.15) is 5.56 Å². The molecule has 1 heterocycles. The molecule has 31 heavy (non-hydrogen) atoms. The monoisotopic (exact) mass is 434 g/mol. The molecule has 4 rings (SSSR count). The molecule has 0 aromatic heterocycles. The number of ether oxygens (including phenoxy) is 1. The Bertz CT molecular complexity index is 1190. The van der Waals surface area contributed by atoms with Gasteiger partial charge in [0.1, 0.15) is 22.2 Å². The van der Waals surface area contributed by atoms with Crippen LogP contribution < -0.4 is 15.0 Å². The van der Waals surface area contributed by atoms with Crippen LogP contribution in [-0.2, 0) is 9.59 Å². The van der Waals surface area contributed by atoms with Gasteiger partial charge in [-0.2, -0.15) is 0 Å². The van der Waals surface area contributed by atoms with E-state index in [0.717, 1.165) is 27.1 Å². The second-order valence-electron chi connectivity index (χ2n) is 6.87. The highest BCUT2D eigenvalue weighted by Crippen LogP contribution is 2.38. The summed E-state index contributed by atoms with van der Waals surface area (Å²) in [6.07, 6.45) is 0. The number of amides is 2. The number of benzene rings is 3. The molecule has 0 saturated carbocycles. The van der Waals surface area contributed by atoms with Crippen molar-refractivity contribution in [3.8, 4) is 5.75 Å². The highest BCUT2D eigenvalue weighted by Gasteiger charge is 2.41. The lowest BCUT2D eigenvalue weighted by molar-refractivity contribution is -0.120. The number of thioether (sulfide) groups is 1. The van der Waals surface area contributed by atoms with E-state index in [1.165, 1.54) is 18.2 Å². The van der Waals surface area contributed by atoms with E-state index in [0.29, 0.717) is 11.4 Å². The summed E-state index contributed by atoms with van der Waals surface area (Å²) in [6.45, 7) is 1.97. The summed E-state index contributed by atoms with van der Waals surface area (Å²) in [7, 11) is 1.54. The highest BCUT2D eigenvalue weighted by atomic mass is 32.2. The molecule has 0 unspecified atom stereocenters. The van der Waals surface area contributed by atoms with Crippen LogP contribution in [0.2, 0.25) is 0 Å². The third kappa shape index (κ3) is 4.18. The molecule has 0 spiro atoms. The quantitative estimate of drug-likeness (QED) is 0.545. The summed E-state index contributed by atoms with van der Waals surface area (Å²) in [5, 5.41) is 3.04. The number of anilines is 2. The van der Waals surface area contributed by atoms with E-state index in [2.05, 4.69) is 5.32 Å². The molecule has 1 aliphatic heterocycles. The fourth-order valence-corrected chi connectivity index (χ4v) is 4.06. The van der Waals surface area contributed by atoms with Crippen LogP contribution in [0.15, 0.2) is 88.3 Å². The maximum Gasteiger partial charge on any atom is 0.283 e. The maximum atomic E-state index is 14.4. The first kappa shape index (κ1) is 20.7. The Balaban J connectivity index is 1.76. The molecule has 3 aromatic carbocycles. The Labute approximate surface area is 183 Å². The SMILES string of the molecule is COc1cccc(NC2=C(Sc3ccc(C)cc3)C(=O)N(c3ccccc3F)C2=O)c1. The third-order valence-corrected chi connectivity index (χ3v) is 5.81. The van der Waals surface area contributed by atoms with Gasteiger partial charge in [-0.3, -0.25) is 9.59 Å². The standard InChI is InChI=1S/C24H19FN2O3S/c1-15-10-12-18(13-11-15)31-22-21(26-16-6-5-7-17(14-16)30-2)23(28)27(24(22)29)20-9-4-3-8-19(20)25/h3-14,26H,1-2H3. The summed E-state index contributed by atoms with van der Waals surface area (Å²) in [5.74, 6) is -1.24. The largest absolute Gasteiger partial charge is 0.497 e. The van der Waals surface area contributed by atoms with E-state index in [9.17, 15) is 14.0 Å². The summed E-state index contributed by atoms with van der Waals surface area (Å²) >= 11 is 1.16. The van der Waals surface area contributed by atoms with Crippen molar-refractivity contribution in [3.05, 3.63) is 94.8 Å². The van der Waals surface area contributed by atoms with Crippen molar-refractivity contribution in [2.24, 2.45) is 0 Å². The van der Waals surface area contributed by atoms with E-state index in [4.69, 9.17) is 4.74 Å². The third-order valence-electron chi connectivity index (χ3n) is 4.71. The summed E-state index contributed by atoms with van der Waals surface area (Å²) in [5.41, 5.74) is 1.66. The lowest BCUT2D eigenvalue weighted by Gasteiger charge is -2.16. The zero-order chi connectivity index (χ0) is 22.0. The number of methoxy groups -OCH3 is 1. The van der Waals surface area contributed by atoms with Crippen LogP contribution in [-0.4, -0.2) is 18.9 Å². The number of aryl methyl sites for hydroxylation is 1. The highest BCUT2D eigenvalue weighted by molar-refractivity contribution is 8.04. The Morgan fingerprint density at radius 1 is 0.935 bits per heavy atom. The first-order chi connectivity index (χ1) is 15.0. The van der Waals surface area contributed by atoms with Crippen LogP contribution in [0.3, 0.4) is 0 Å². The molecule has 0 fully saturated rings. The zero-order valence-electron chi connectivity index (χ0n) is 16.9. The number of nitrogens with one attached hydrogen (secondary N) is 1. The maximum absolute atomic E-state index is 14.4. The molecule has 7 heteroatoms. The van der Waals surface area contributed by atoms with Gasteiger partial charge in [-0.05, 0) is 43.3 Å². The number of hydrogen-bond acceptors (Lipinski definition) is 5. The molecular formula is C24H19FN2O3S. The molecule has 156 valence electrons. The Morgan fingerprint density at radius 2 is 1.68 bits per heavy atom. The van der Waals surface area contributed by atoms with Crippen molar-refractivity contribution >= 4 is 35.0 Å². The molecular weight excluding hydrogens is 415 g/mol. The molecule has 1 aliphatic rings. The van der Waals surface area contributed by atoms with Crippen LogP contribution in [0.25, 0.3) is 0 Å². The molecule has 5 nitrogen and oxygen atoms in total. The van der Waals surface area contributed by atoms with E-state index in [1.807, 2.05) is 31.2 Å². The summed E-state index contributed by atoms with van der Waals surface area (Å²) in [4.78, 5) is 28.4. The van der Waals surface area contributed by atoms with E-state index in [1.54, 1.807) is 37.4 Å². The Kier molecular flexibility index (Phi) is 5.77. The van der Waals surface area contributed by atoms with Crippen molar-refractivity contribution in [2.45, 2.75) is 11.8 Å². The van der Waals surface area contributed by atoms with E-state index >= 15 is 0 Å². The lowest BCUT2D eigenvalue weighted by Crippen LogP contribution is -2.33. The Hall–Kier alpha value is -3.58. The minimum absolute atomic E-state index is 0.0815. The normalized spacial score (nSPS) is 13.7. The van der Waals surface area contributed by atoms with E-state index in [-0.39, 0.29) is 16.3 Å². The average molecular weight is 434 g/mol. The van der Waals surface area contributed by atoms with Gasteiger partial charge in [0.25, 0.3) is 11.8 Å². The van der Waals surface area contributed by atoms with Crippen molar-refractivity contribution in [2.75, 3.05) is 17.3 Å². The van der Waals surface area contributed by atoms with Crippen LogP contribution in [0, 0.1) is 12.7 Å². The topological polar surface area (TPSA) is 58.6 Å². The molecule has 0 bridgehead atoms. The van der Waals surface area contributed by atoms with Gasteiger partial charge in [0.15, 0.2) is 0 Å². The van der Waals surface area contributed by atoms with Crippen LogP contribution in [0.5, 0.6) is 5.75 Å². The Morgan fingerprint density at radius 3 is 2.39 bits per heavy atom. The molecule has 0 saturated heterocycles. The molecule has 0 aliphatic carbocycles. The van der Waals surface area contributed by atoms with Crippen molar-refractivity contribution in [3.63, 3.8) is 0 Å². The van der Waals surface area contributed by atoms with Gasteiger partial charge in [-0.1, -0.05) is 47.7 Å². The number of carbonyl (C=O) groups is 2. The number of hydrogen-bond donors (Lipinski definition) is 1. The van der Waals surface area contributed by atoms with Gasteiger partial charge in [0.05, 0.1) is 12.8 Å². The number of carbonyl (C=O) groups excluding carboxylic acids is 2. The smallest absolute Gasteiger partial charge is 0.283 e. The second kappa shape index (κ2) is 8.65. The van der Waals surface area contributed by atoms with Gasteiger partial charge in [0.2, 0.25) is 0 Å². The lowest BCUT2D eigenvalue weighted by atomic mass is 10.2. The number of rotatable bonds is 6. The number of halogens is 1. The van der Waals surface area contributed by atoms with Gasteiger partial charge >= 0.3 is 0 Å². The number of para-hydroxylation sites is 1. The van der Waals surface area contributed by atoms with Crippen molar-refractivity contribution in [1.82, 2.24) is 0 Å². The predicted molar refractivity (Wildman–Crippen MR) is 120 cm³/mol. The summed E-state index contributed by atoms with van der Waals surface area (Å²) in [6, 6.07) is 20.3. The zero-order valence-corrected chi connectivity index (χ0v) is 17.7. The van der Waals surface area contributed by atoms with Gasteiger partial charge < -0.3 is 10.1 Å². The summed E-state index contributed by atoms with van der Waals surface area (Å²) < 4.78 is 19.7. The minimum Gasteiger partial charge on any atom is -0.497 e. The van der Waals surface area contributed by atoms with E-state index < -0.39 is 17.6 Å². The van der Waals surface area contributed by atoms with Gasteiger partial charge in [-0.15, -0.1) is 0 Å². The fourth-order valence-electron chi connectivity index (χ4n) is 3.14. The molecule has 0 radical (unpaired) electrons. The molecule has 2 amide bonds. The first-order valence-corrected chi connectivity index (χ1v) is 10.3. The molecule has 3 aromatic rings. The molecule has 0 atom stereocenters. The van der Waals surface area contributed by atoms with Crippen molar-refractivity contribution in [1.29, 1.82) is 0 Å².